The average molecular weight is 260 g/mol. The second-order valence-corrected chi connectivity index (χ2v) is 5.93. The lowest BCUT2D eigenvalue weighted by atomic mass is 9.92. The Morgan fingerprint density at radius 1 is 1.37 bits per heavy atom. The summed E-state index contributed by atoms with van der Waals surface area (Å²) in [5, 5.41) is 3.67. The number of nitrogens with two attached hydrogens (primary N) is 1. The summed E-state index contributed by atoms with van der Waals surface area (Å²) < 4.78 is 0. The molecule has 0 amide bonds. The molecule has 2 aromatic rings. The molecule has 0 unspecified atom stereocenters. The maximum atomic E-state index is 11.9. The molecule has 0 atom stereocenters. The molecule has 5 nitrogen and oxygen atoms in total. The summed E-state index contributed by atoms with van der Waals surface area (Å²) in [5.41, 5.74) is 6.95. The van der Waals surface area contributed by atoms with Crippen LogP contribution in [0.3, 0.4) is 0 Å². The summed E-state index contributed by atoms with van der Waals surface area (Å²) in [6.07, 6.45) is 0.997. The number of hydrogen-bond donors (Lipinski definition) is 3. The molecule has 1 aromatic heterocycles. The number of rotatable bonds is 3. The van der Waals surface area contributed by atoms with Gasteiger partial charge in [-0.3, -0.25) is 9.78 Å². The number of nitrogens with one attached hydrogen (secondary N) is 2. The van der Waals surface area contributed by atoms with E-state index in [-0.39, 0.29) is 11.0 Å². The van der Waals surface area contributed by atoms with E-state index in [9.17, 15) is 4.79 Å². The molecule has 0 fully saturated rings. The molecule has 4 N–H and O–H groups in total. The van der Waals surface area contributed by atoms with Crippen LogP contribution in [0.25, 0.3) is 10.9 Å². The number of H-pyrrole nitrogens is 1. The first-order valence-electron chi connectivity index (χ1n) is 6.39. The van der Waals surface area contributed by atoms with Crippen molar-refractivity contribution in [2.24, 2.45) is 5.41 Å². The van der Waals surface area contributed by atoms with Crippen molar-refractivity contribution in [2.45, 2.75) is 27.2 Å². The van der Waals surface area contributed by atoms with Crippen LogP contribution in [0.1, 0.15) is 27.2 Å². The van der Waals surface area contributed by atoms with Crippen molar-refractivity contribution in [1.82, 2.24) is 9.97 Å². The Bertz CT molecular complexity index is 640. The first kappa shape index (κ1) is 13.4. The highest BCUT2D eigenvalue weighted by atomic mass is 16.1. The van der Waals surface area contributed by atoms with Crippen molar-refractivity contribution in [2.75, 3.05) is 17.6 Å². The van der Waals surface area contributed by atoms with Crippen LogP contribution >= 0.6 is 0 Å². The van der Waals surface area contributed by atoms with Crippen LogP contribution in [0.5, 0.6) is 0 Å². The van der Waals surface area contributed by atoms with Crippen LogP contribution in [0.15, 0.2) is 23.0 Å². The predicted molar refractivity (Wildman–Crippen MR) is 79.3 cm³/mol. The number of anilines is 2. The largest absolute Gasteiger partial charge is 0.399 e. The van der Waals surface area contributed by atoms with E-state index in [1.165, 1.54) is 0 Å². The fraction of sp³-hybridized carbons (Fsp3) is 0.429. The van der Waals surface area contributed by atoms with Crippen LogP contribution in [0.4, 0.5) is 11.6 Å². The molecule has 1 aromatic carbocycles. The Kier molecular flexibility index (Phi) is 3.46. The molecular formula is C14H20N4O. The second kappa shape index (κ2) is 4.91. The molecule has 0 bridgehead atoms. The molecular weight excluding hydrogens is 240 g/mol. The minimum absolute atomic E-state index is 0.171. The molecule has 0 spiro atoms. The molecule has 102 valence electrons. The predicted octanol–water partition coefficient (Wildman–Crippen LogP) is 2.35. The van der Waals surface area contributed by atoms with E-state index in [0.29, 0.717) is 22.5 Å². The Morgan fingerprint density at radius 2 is 2.11 bits per heavy atom. The van der Waals surface area contributed by atoms with Crippen LogP contribution in [-0.2, 0) is 0 Å². The summed E-state index contributed by atoms with van der Waals surface area (Å²) in [6.45, 7) is 7.29. The zero-order valence-corrected chi connectivity index (χ0v) is 11.6. The van der Waals surface area contributed by atoms with Crippen molar-refractivity contribution in [1.29, 1.82) is 0 Å². The first-order chi connectivity index (χ1) is 8.85. The first-order valence-corrected chi connectivity index (χ1v) is 6.39. The van der Waals surface area contributed by atoms with Gasteiger partial charge in [-0.05, 0) is 30.0 Å². The van der Waals surface area contributed by atoms with E-state index in [0.717, 1.165) is 13.0 Å². The van der Waals surface area contributed by atoms with Crippen molar-refractivity contribution >= 4 is 22.5 Å². The highest BCUT2D eigenvalue weighted by Gasteiger charge is 2.10. The average Bonchev–Trinajstić information content (AvgIpc) is 2.28. The Labute approximate surface area is 112 Å². The third-order valence-corrected chi connectivity index (χ3v) is 2.90. The van der Waals surface area contributed by atoms with Gasteiger partial charge in [-0.1, -0.05) is 20.8 Å². The molecule has 0 radical (unpaired) electrons. The van der Waals surface area contributed by atoms with Gasteiger partial charge in [0.1, 0.15) is 0 Å². The van der Waals surface area contributed by atoms with Gasteiger partial charge in [-0.2, -0.15) is 0 Å². The van der Waals surface area contributed by atoms with Gasteiger partial charge in [0.2, 0.25) is 5.95 Å². The van der Waals surface area contributed by atoms with Crippen LogP contribution in [-0.4, -0.2) is 16.5 Å². The molecule has 0 aliphatic heterocycles. The highest BCUT2D eigenvalue weighted by molar-refractivity contribution is 5.81. The molecule has 2 rings (SSSR count). The Morgan fingerprint density at radius 3 is 2.79 bits per heavy atom. The number of nitrogen functional groups attached to an aromatic ring is 1. The molecule has 0 saturated heterocycles. The van der Waals surface area contributed by atoms with Gasteiger partial charge in [0, 0.05) is 12.2 Å². The SMILES string of the molecule is CC(C)(C)CCNc1nc2ccc(N)cc2c(=O)[nH]1. The van der Waals surface area contributed by atoms with Crippen molar-refractivity contribution in [3.8, 4) is 0 Å². The quantitative estimate of drug-likeness (QED) is 0.740. The maximum absolute atomic E-state index is 11.9. The summed E-state index contributed by atoms with van der Waals surface area (Å²) in [7, 11) is 0. The normalized spacial score (nSPS) is 11.7. The standard InChI is InChI=1S/C14H20N4O/c1-14(2,3)6-7-16-13-17-11-5-4-9(15)8-10(11)12(19)18-13/h4-5,8H,6-7,15H2,1-3H3,(H2,16,17,18,19). The summed E-state index contributed by atoms with van der Waals surface area (Å²) in [5.74, 6) is 0.506. The van der Waals surface area contributed by atoms with E-state index in [4.69, 9.17) is 5.73 Å². The number of fused-ring (bicyclic) bond motifs is 1. The van der Waals surface area contributed by atoms with Gasteiger partial charge in [0.15, 0.2) is 0 Å². The van der Waals surface area contributed by atoms with E-state index < -0.39 is 0 Å². The molecule has 19 heavy (non-hydrogen) atoms. The lowest BCUT2D eigenvalue weighted by Gasteiger charge is -2.18. The lowest BCUT2D eigenvalue weighted by Crippen LogP contribution is -2.17. The summed E-state index contributed by atoms with van der Waals surface area (Å²) in [6, 6.07) is 5.14. The van der Waals surface area contributed by atoms with E-state index in [1.54, 1.807) is 18.2 Å². The maximum Gasteiger partial charge on any atom is 0.260 e. The van der Waals surface area contributed by atoms with Gasteiger partial charge >= 0.3 is 0 Å². The zero-order valence-electron chi connectivity index (χ0n) is 11.6. The molecule has 0 aliphatic carbocycles. The number of aromatic nitrogens is 2. The highest BCUT2D eigenvalue weighted by Crippen LogP contribution is 2.18. The van der Waals surface area contributed by atoms with E-state index >= 15 is 0 Å². The number of hydrogen-bond acceptors (Lipinski definition) is 4. The van der Waals surface area contributed by atoms with Crippen molar-refractivity contribution in [3.05, 3.63) is 28.6 Å². The molecule has 0 aliphatic rings. The second-order valence-electron chi connectivity index (χ2n) is 5.93. The number of benzene rings is 1. The van der Waals surface area contributed by atoms with Gasteiger partial charge < -0.3 is 11.1 Å². The van der Waals surface area contributed by atoms with Crippen LogP contribution in [0, 0.1) is 5.41 Å². The third kappa shape index (κ3) is 3.47. The molecule has 1 heterocycles. The molecule has 0 saturated carbocycles. The third-order valence-electron chi connectivity index (χ3n) is 2.90. The topological polar surface area (TPSA) is 83.8 Å². The Balaban J connectivity index is 2.22. The van der Waals surface area contributed by atoms with Gasteiger partial charge in [-0.15, -0.1) is 0 Å². The van der Waals surface area contributed by atoms with Gasteiger partial charge in [-0.25, -0.2) is 4.98 Å². The molecule has 5 heteroatoms. The fourth-order valence-corrected chi connectivity index (χ4v) is 1.80. The smallest absolute Gasteiger partial charge is 0.260 e. The fourth-order valence-electron chi connectivity index (χ4n) is 1.80. The number of nitrogens with zero attached hydrogens (tertiary/aromatic N) is 1. The minimum atomic E-state index is -0.171. The van der Waals surface area contributed by atoms with Crippen molar-refractivity contribution < 1.29 is 0 Å². The van der Waals surface area contributed by atoms with Crippen LogP contribution < -0.4 is 16.6 Å². The van der Waals surface area contributed by atoms with Gasteiger partial charge in [0.05, 0.1) is 10.9 Å². The lowest BCUT2D eigenvalue weighted by molar-refractivity contribution is 0.389. The zero-order chi connectivity index (χ0) is 14.0. The summed E-state index contributed by atoms with van der Waals surface area (Å²) >= 11 is 0. The Hall–Kier alpha value is -2.04. The van der Waals surface area contributed by atoms with E-state index in [2.05, 4.69) is 36.1 Å². The minimum Gasteiger partial charge on any atom is -0.399 e. The van der Waals surface area contributed by atoms with Gasteiger partial charge in [0.25, 0.3) is 5.56 Å². The van der Waals surface area contributed by atoms with Crippen molar-refractivity contribution in [3.63, 3.8) is 0 Å². The van der Waals surface area contributed by atoms with Crippen LogP contribution in [0.2, 0.25) is 0 Å². The summed E-state index contributed by atoms with van der Waals surface area (Å²) in [4.78, 5) is 19.0. The van der Waals surface area contributed by atoms with E-state index in [1.807, 2.05) is 0 Å². The monoisotopic (exact) mass is 260 g/mol. The number of aromatic amines is 1.